The summed E-state index contributed by atoms with van der Waals surface area (Å²) in [6.45, 7) is 2.43. The molecule has 1 heterocycles. The van der Waals surface area contributed by atoms with Crippen LogP contribution >= 0.6 is 0 Å². The molecule has 0 bridgehead atoms. The average Bonchev–Trinajstić information content (AvgIpc) is 2.92. The van der Waals surface area contributed by atoms with Crippen LogP contribution in [0.4, 0.5) is 5.69 Å². The van der Waals surface area contributed by atoms with Crippen LogP contribution in [0.1, 0.15) is 17.2 Å². The lowest BCUT2D eigenvalue weighted by Gasteiger charge is -2.04. The van der Waals surface area contributed by atoms with Crippen molar-refractivity contribution in [2.75, 3.05) is 6.54 Å². The van der Waals surface area contributed by atoms with Crippen molar-refractivity contribution >= 4 is 5.69 Å². The molecule has 1 aromatic carbocycles. The van der Waals surface area contributed by atoms with Gasteiger partial charge in [-0.25, -0.2) is 0 Å². The molecule has 1 atom stereocenters. The predicted octanol–water partition coefficient (Wildman–Crippen LogP) is 1.25. The molecule has 0 spiro atoms. The lowest BCUT2D eigenvalue weighted by Crippen LogP contribution is -1.94. The Labute approximate surface area is 80.5 Å². The zero-order chi connectivity index (χ0) is 10.3. The number of aryl methyl sites for hydroxylation is 1. The van der Waals surface area contributed by atoms with Crippen molar-refractivity contribution in [3.63, 3.8) is 0 Å². The minimum Gasteiger partial charge on any atom is -0.507 e. The summed E-state index contributed by atoms with van der Waals surface area (Å²) in [5.74, 6) is 0.158. The molecule has 1 aliphatic heterocycles. The van der Waals surface area contributed by atoms with E-state index in [1.54, 1.807) is 6.92 Å². The van der Waals surface area contributed by atoms with E-state index in [4.69, 9.17) is 0 Å². The summed E-state index contributed by atoms with van der Waals surface area (Å²) < 4.78 is 0. The molecule has 5 nitrogen and oxygen atoms in total. The van der Waals surface area contributed by atoms with Gasteiger partial charge in [0.25, 0.3) is 5.69 Å². The summed E-state index contributed by atoms with van der Waals surface area (Å²) in [7, 11) is 0. The normalized spacial score (nSPS) is 19.4. The maximum Gasteiger partial charge on any atom is 0.270 e. The van der Waals surface area contributed by atoms with E-state index in [2.05, 4.69) is 5.32 Å². The Kier molecular flexibility index (Phi) is 1.89. The molecular formula is C9H10N2O3. The van der Waals surface area contributed by atoms with E-state index in [0.717, 1.165) is 6.54 Å². The number of phenolic OH excluding ortho intramolecular Hbond substituents is 1. The van der Waals surface area contributed by atoms with Crippen molar-refractivity contribution in [3.8, 4) is 5.75 Å². The zero-order valence-corrected chi connectivity index (χ0v) is 7.65. The first-order valence-electron chi connectivity index (χ1n) is 4.31. The summed E-state index contributed by atoms with van der Waals surface area (Å²) in [6.07, 6.45) is 0. The molecule has 0 aliphatic carbocycles. The maximum absolute atomic E-state index is 10.6. The number of nitro groups is 1. The van der Waals surface area contributed by atoms with Crippen LogP contribution in [0, 0.1) is 17.0 Å². The molecule has 1 aliphatic rings. The van der Waals surface area contributed by atoms with Crippen LogP contribution in [-0.4, -0.2) is 16.6 Å². The Morgan fingerprint density at radius 1 is 1.64 bits per heavy atom. The second-order valence-electron chi connectivity index (χ2n) is 3.42. The number of nitrogens with zero attached hydrogens (tertiary/aromatic N) is 1. The minimum absolute atomic E-state index is 0.0315. The van der Waals surface area contributed by atoms with E-state index >= 15 is 0 Å². The Balaban J connectivity index is 2.52. The number of hydrogen-bond acceptors (Lipinski definition) is 4. The zero-order valence-electron chi connectivity index (χ0n) is 7.65. The first-order chi connectivity index (χ1) is 6.59. The number of phenols is 1. The second kappa shape index (κ2) is 2.95. The van der Waals surface area contributed by atoms with Crippen molar-refractivity contribution < 1.29 is 10.0 Å². The Morgan fingerprint density at radius 2 is 2.29 bits per heavy atom. The smallest absolute Gasteiger partial charge is 0.270 e. The van der Waals surface area contributed by atoms with Crippen molar-refractivity contribution in [3.05, 3.63) is 33.4 Å². The van der Waals surface area contributed by atoms with Gasteiger partial charge in [-0.3, -0.25) is 10.1 Å². The van der Waals surface area contributed by atoms with Gasteiger partial charge in [-0.2, -0.15) is 0 Å². The molecule has 0 amide bonds. The Bertz CT molecular complexity index is 399. The largest absolute Gasteiger partial charge is 0.507 e. The van der Waals surface area contributed by atoms with E-state index < -0.39 is 4.92 Å². The lowest BCUT2D eigenvalue weighted by molar-refractivity contribution is -0.385. The number of benzene rings is 1. The molecule has 5 heteroatoms. The van der Waals surface area contributed by atoms with Crippen LogP contribution in [0.15, 0.2) is 12.1 Å². The van der Waals surface area contributed by atoms with Crippen molar-refractivity contribution in [2.45, 2.75) is 13.0 Å². The highest BCUT2D eigenvalue weighted by Gasteiger charge is 2.28. The number of nitrogens with one attached hydrogen (secondary N) is 1. The van der Waals surface area contributed by atoms with E-state index in [9.17, 15) is 15.2 Å². The summed E-state index contributed by atoms with van der Waals surface area (Å²) in [5, 5.41) is 23.2. The molecule has 0 saturated carbocycles. The quantitative estimate of drug-likeness (QED) is 0.421. The fraction of sp³-hybridized carbons (Fsp3) is 0.333. The van der Waals surface area contributed by atoms with E-state index in [0.29, 0.717) is 11.1 Å². The lowest BCUT2D eigenvalue weighted by atomic mass is 10.1. The highest BCUT2D eigenvalue weighted by molar-refractivity contribution is 5.51. The molecule has 0 unspecified atom stereocenters. The molecule has 14 heavy (non-hydrogen) atoms. The van der Waals surface area contributed by atoms with Gasteiger partial charge in [0.15, 0.2) is 0 Å². The SMILES string of the molecule is Cc1cc([N+](=O)[O-])cc([C@H]2CN2)c1O. The Hall–Kier alpha value is -1.62. The third-order valence-electron chi connectivity index (χ3n) is 2.31. The fourth-order valence-electron chi connectivity index (χ4n) is 1.44. The summed E-state index contributed by atoms with van der Waals surface area (Å²) in [4.78, 5) is 10.1. The number of nitro benzene ring substituents is 1. The highest BCUT2D eigenvalue weighted by atomic mass is 16.6. The molecule has 0 radical (unpaired) electrons. The van der Waals surface area contributed by atoms with E-state index in [1.165, 1.54) is 12.1 Å². The van der Waals surface area contributed by atoms with Crippen LogP contribution < -0.4 is 5.32 Å². The predicted molar refractivity (Wildman–Crippen MR) is 50.2 cm³/mol. The van der Waals surface area contributed by atoms with Gasteiger partial charge in [0.1, 0.15) is 5.75 Å². The summed E-state index contributed by atoms with van der Waals surface area (Å²) in [6, 6.07) is 2.88. The highest BCUT2D eigenvalue weighted by Crippen LogP contribution is 2.35. The number of aromatic hydroxyl groups is 1. The van der Waals surface area contributed by atoms with Gasteiger partial charge < -0.3 is 10.4 Å². The van der Waals surface area contributed by atoms with Crippen molar-refractivity contribution in [1.29, 1.82) is 0 Å². The van der Waals surface area contributed by atoms with Gasteiger partial charge in [0.2, 0.25) is 0 Å². The van der Waals surface area contributed by atoms with Gasteiger partial charge in [0, 0.05) is 30.3 Å². The van der Waals surface area contributed by atoms with Gasteiger partial charge in [0.05, 0.1) is 4.92 Å². The minimum atomic E-state index is -0.446. The van der Waals surface area contributed by atoms with Gasteiger partial charge >= 0.3 is 0 Å². The van der Waals surface area contributed by atoms with Crippen LogP contribution in [0.3, 0.4) is 0 Å². The Morgan fingerprint density at radius 3 is 2.79 bits per heavy atom. The van der Waals surface area contributed by atoms with Gasteiger partial charge in [-0.05, 0) is 12.5 Å². The van der Waals surface area contributed by atoms with Crippen LogP contribution in [0.5, 0.6) is 5.75 Å². The monoisotopic (exact) mass is 194 g/mol. The standard InChI is InChI=1S/C9H10N2O3/c1-5-2-6(11(13)14)3-7(9(5)12)8-4-10-8/h2-3,8,10,12H,4H2,1H3/t8-/m1/s1. The summed E-state index contributed by atoms with van der Waals surface area (Å²) >= 11 is 0. The van der Waals surface area contributed by atoms with Crippen LogP contribution in [-0.2, 0) is 0 Å². The molecule has 1 aromatic rings. The molecule has 0 aromatic heterocycles. The fourth-order valence-corrected chi connectivity index (χ4v) is 1.44. The third-order valence-corrected chi connectivity index (χ3v) is 2.31. The van der Waals surface area contributed by atoms with Crippen molar-refractivity contribution in [1.82, 2.24) is 5.32 Å². The molecule has 2 rings (SSSR count). The average molecular weight is 194 g/mol. The topological polar surface area (TPSA) is 85.3 Å². The van der Waals surface area contributed by atoms with Gasteiger partial charge in [-0.15, -0.1) is 0 Å². The summed E-state index contributed by atoms with van der Waals surface area (Å²) in [5.41, 5.74) is 1.20. The van der Waals surface area contributed by atoms with E-state index in [1.807, 2.05) is 0 Å². The molecule has 1 fully saturated rings. The molecule has 74 valence electrons. The van der Waals surface area contributed by atoms with Crippen LogP contribution in [0.2, 0.25) is 0 Å². The molecule has 1 saturated heterocycles. The number of hydrogen-bond donors (Lipinski definition) is 2. The van der Waals surface area contributed by atoms with Crippen LogP contribution in [0.25, 0.3) is 0 Å². The maximum atomic E-state index is 10.6. The van der Waals surface area contributed by atoms with Crippen molar-refractivity contribution in [2.24, 2.45) is 0 Å². The molecular weight excluding hydrogens is 184 g/mol. The molecule has 2 N–H and O–H groups in total. The number of rotatable bonds is 2. The van der Waals surface area contributed by atoms with Gasteiger partial charge in [-0.1, -0.05) is 0 Å². The first-order valence-corrected chi connectivity index (χ1v) is 4.31. The third kappa shape index (κ3) is 1.42. The second-order valence-corrected chi connectivity index (χ2v) is 3.42. The number of non-ortho nitro benzene ring substituents is 1. The van der Waals surface area contributed by atoms with E-state index in [-0.39, 0.29) is 17.5 Å². The first kappa shape index (κ1) is 8.96.